The second-order valence-electron chi connectivity index (χ2n) is 4.81. The van der Waals surface area contributed by atoms with Gasteiger partial charge in [0.25, 0.3) is 0 Å². The number of carboxylic acid groups (broad SMARTS) is 1. The van der Waals surface area contributed by atoms with Gasteiger partial charge in [-0.05, 0) is 13.8 Å². The molecule has 1 aliphatic heterocycles. The number of carbonyl (C=O) groups is 1. The van der Waals surface area contributed by atoms with Crippen molar-refractivity contribution < 1.29 is 35.8 Å². The molecule has 114 valence electrons. The van der Waals surface area contributed by atoms with Crippen LogP contribution < -0.4 is 5.32 Å². The van der Waals surface area contributed by atoms with E-state index >= 15 is 0 Å². The van der Waals surface area contributed by atoms with Crippen molar-refractivity contribution in [3.63, 3.8) is 0 Å². The Kier molecular flexibility index (Phi) is 6.69. The van der Waals surface area contributed by atoms with Crippen molar-refractivity contribution in [1.29, 1.82) is 0 Å². The molecule has 8 N–H and O–H groups in total. The number of hydrogen-bond donors (Lipinski definition) is 6. The van der Waals surface area contributed by atoms with Crippen molar-refractivity contribution in [2.75, 3.05) is 6.61 Å². The zero-order valence-corrected chi connectivity index (χ0v) is 11.5. The second-order valence-corrected chi connectivity index (χ2v) is 6.61. The molecule has 1 rings (SSSR count). The number of aliphatic hydroxyl groups excluding tert-OH is 4. The Morgan fingerprint density at radius 2 is 1.89 bits per heavy atom. The highest BCUT2D eigenvalue weighted by atomic mass is 32.2. The van der Waals surface area contributed by atoms with Gasteiger partial charge in [0.1, 0.15) is 24.4 Å². The van der Waals surface area contributed by atoms with E-state index in [4.69, 9.17) is 10.2 Å². The number of hydrogen-bond acceptors (Lipinski definition) is 7. The van der Waals surface area contributed by atoms with E-state index in [0.29, 0.717) is 0 Å². The Labute approximate surface area is 114 Å². The average Bonchev–Trinajstić information content (AvgIpc) is 2.62. The minimum absolute atomic E-state index is 0. The summed E-state index contributed by atoms with van der Waals surface area (Å²) in [4.78, 5) is 11.0. The van der Waals surface area contributed by atoms with Crippen molar-refractivity contribution in [3.05, 3.63) is 0 Å². The predicted octanol–water partition coefficient (Wildman–Crippen LogP) is -2.87. The van der Waals surface area contributed by atoms with Crippen molar-refractivity contribution in [1.82, 2.24) is 5.32 Å². The van der Waals surface area contributed by atoms with Crippen LogP contribution in [0.25, 0.3) is 0 Å². The molecule has 1 fully saturated rings. The second kappa shape index (κ2) is 6.84. The van der Waals surface area contributed by atoms with Gasteiger partial charge in [0.2, 0.25) is 0 Å². The molecule has 5 atom stereocenters. The van der Waals surface area contributed by atoms with Gasteiger partial charge < -0.3 is 31.0 Å². The van der Waals surface area contributed by atoms with Crippen LogP contribution >= 0.6 is 11.8 Å². The van der Waals surface area contributed by atoms with Crippen LogP contribution in [0.5, 0.6) is 0 Å². The number of aliphatic hydroxyl groups is 4. The third kappa shape index (κ3) is 4.02. The van der Waals surface area contributed by atoms with Gasteiger partial charge in [0, 0.05) is 4.75 Å². The van der Waals surface area contributed by atoms with Crippen molar-refractivity contribution >= 4 is 17.7 Å². The van der Waals surface area contributed by atoms with E-state index in [0.717, 1.165) is 0 Å². The molecule has 9 heteroatoms. The Bertz CT molecular complexity index is 314. The summed E-state index contributed by atoms with van der Waals surface area (Å²) in [6.45, 7) is 2.75. The first-order valence-electron chi connectivity index (χ1n) is 5.52. The maximum atomic E-state index is 11.0. The van der Waals surface area contributed by atoms with Gasteiger partial charge in [-0.25, -0.2) is 0 Å². The van der Waals surface area contributed by atoms with E-state index in [2.05, 4.69) is 5.32 Å². The molecular formula is C10H21NO7S. The maximum Gasteiger partial charge on any atom is 0.322 e. The maximum absolute atomic E-state index is 11.0. The molecule has 1 heterocycles. The van der Waals surface area contributed by atoms with Crippen molar-refractivity contribution in [2.24, 2.45) is 0 Å². The van der Waals surface area contributed by atoms with Crippen molar-refractivity contribution in [2.45, 2.75) is 48.3 Å². The third-order valence-electron chi connectivity index (χ3n) is 2.95. The topological polar surface area (TPSA) is 162 Å². The summed E-state index contributed by atoms with van der Waals surface area (Å²) in [7, 11) is 0. The molecule has 0 radical (unpaired) electrons. The van der Waals surface area contributed by atoms with E-state index in [1.54, 1.807) is 13.8 Å². The number of thioether (sulfide) groups is 1. The van der Waals surface area contributed by atoms with E-state index in [9.17, 15) is 20.1 Å². The van der Waals surface area contributed by atoms with Gasteiger partial charge in [-0.3, -0.25) is 10.1 Å². The molecule has 0 aromatic carbocycles. The van der Waals surface area contributed by atoms with Gasteiger partial charge in [-0.2, -0.15) is 0 Å². The van der Waals surface area contributed by atoms with E-state index in [-0.39, 0.29) is 5.48 Å². The normalized spacial score (nSPS) is 30.2. The zero-order valence-electron chi connectivity index (χ0n) is 10.6. The minimum atomic E-state index is -1.54. The fraction of sp³-hybridized carbons (Fsp3) is 0.900. The van der Waals surface area contributed by atoms with Crippen LogP contribution in [-0.2, 0) is 4.79 Å². The van der Waals surface area contributed by atoms with E-state index in [1.807, 2.05) is 0 Å². The molecule has 0 spiro atoms. The highest BCUT2D eigenvalue weighted by molar-refractivity contribution is 8.01. The predicted molar refractivity (Wildman–Crippen MR) is 68.7 cm³/mol. The Morgan fingerprint density at radius 3 is 2.26 bits per heavy atom. The van der Waals surface area contributed by atoms with Crippen LogP contribution in [0.15, 0.2) is 0 Å². The Balaban J connectivity index is 0.00000324. The van der Waals surface area contributed by atoms with Crippen LogP contribution in [0.4, 0.5) is 0 Å². The Hall–Kier alpha value is -0.420. The first-order chi connectivity index (χ1) is 8.20. The molecule has 0 aliphatic carbocycles. The quantitative estimate of drug-likeness (QED) is 0.315. The van der Waals surface area contributed by atoms with Crippen LogP contribution in [0.1, 0.15) is 13.8 Å². The summed E-state index contributed by atoms with van der Waals surface area (Å²) >= 11 is 1.17. The smallest absolute Gasteiger partial charge is 0.322 e. The first-order valence-corrected chi connectivity index (χ1v) is 6.40. The van der Waals surface area contributed by atoms with E-state index in [1.165, 1.54) is 11.8 Å². The average molecular weight is 299 g/mol. The first kappa shape index (κ1) is 18.6. The monoisotopic (exact) mass is 299 g/mol. The molecule has 1 saturated heterocycles. The van der Waals surface area contributed by atoms with E-state index < -0.39 is 47.1 Å². The standard InChI is InChI=1S/C10H19NO6S.H2O/c1-10(2)7(9(16)17)11-8(18-10)6(15)5(14)4(13)3-12;/h4-8,11-15H,3H2,1-2H3,(H,16,17);1H2/t4-,5-,6+,7-,8?;/m1./s1. The van der Waals surface area contributed by atoms with Gasteiger partial charge in [-0.15, -0.1) is 11.8 Å². The molecule has 1 unspecified atom stereocenters. The van der Waals surface area contributed by atoms with Crippen LogP contribution in [-0.4, -0.2) is 78.1 Å². The Morgan fingerprint density at radius 1 is 1.37 bits per heavy atom. The SMILES string of the molecule is CC1(C)SC([C@@H](O)[C@H](O)[C@H](O)CO)N[C@@H]1C(=O)O.O. The fourth-order valence-corrected chi connectivity index (χ4v) is 3.31. The van der Waals surface area contributed by atoms with Crippen LogP contribution in [0.3, 0.4) is 0 Å². The fourth-order valence-electron chi connectivity index (χ4n) is 1.85. The number of rotatable bonds is 5. The highest BCUT2D eigenvalue weighted by Gasteiger charge is 2.48. The molecular weight excluding hydrogens is 278 g/mol. The lowest BCUT2D eigenvalue weighted by Gasteiger charge is -2.26. The highest BCUT2D eigenvalue weighted by Crippen LogP contribution is 2.39. The minimum Gasteiger partial charge on any atom is -0.480 e. The molecule has 0 saturated carbocycles. The lowest BCUT2D eigenvalue weighted by atomic mass is 10.0. The molecule has 8 nitrogen and oxygen atoms in total. The molecule has 19 heavy (non-hydrogen) atoms. The third-order valence-corrected chi connectivity index (χ3v) is 4.46. The van der Waals surface area contributed by atoms with Crippen molar-refractivity contribution in [3.8, 4) is 0 Å². The number of aliphatic carboxylic acids is 1. The summed E-state index contributed by atoms with van der Waals surface area (Å²) in [5.41, 5.74) is 0. The molecule has 0 amide bonds. The molecule has 1 aliphatic rings. The lowest BCUT2D eigenvalue weighted by Crippen LogP contribution is -2.51. The zero-order chi connectivity index (χ0) is 14.1. The van der Waals surface area contributed by atoms with Gasteiger partial charge >= 0.3 is 5.97 Å². The van der Waals surface area contributed by atoms with Crippen LogP contribution in [0, 0.1) is 0 Å². The van der Waals surface area contributed by atoms with Gasteiger partial charge in [-0.1, -0.05) is 0 Å². The molecule has 0 aromatic rings. The van der Waals surface area contributed by atoms with Gasteiger partial charge in [0.15, 0.2) is 0 Å². The summed E-state index contributed by atoms with van der Waals surface area (Å²) < 4.78 is -0.651. The molecule has 0 bridgehead atoms. The molecule has 0 aromatic heterocycles. The van der Waals surface area contributed by atoms with Gasteiger partial charge in [0.05, 0.1) is 12.0 Å². The summed E-state index contributed by atoms with van der Waals surface area (Å²) in [6.07, 6.45) is -4.38. The summed E-state index contributed by atoms with van der Waals surface area (Å²) in [6, 6.07) is -0.861. The van der Waals surface area contributed by atoms with Crippen LogP contribution in [0.2, 0.25) is 0 Å². The number of nitrogens with one attached hydrogen (secondary N) is 1. The summed E-state index contributed by atoms with van der Waals surface area (Å²) in [5.74, 6) is -1.04. The lowest BCUT2D eigenvalue weighted by molar-refractivity contribution is -0.140. The summed E-state index contributed by atoms with van der Waals surface area (Å²) in [5, 5.41) is 48.4. The number of carboxylic acids is 1. The largest absolute Gasteiger partial charge is 0.480 e.